The second kappa shape index (κ2) is 9.54. The average molecular weight is 350 g/mol. The van der Waals surface area contributed by atoms with Crippen molar-refractivity contribution in [1.82, 2.24) is 4.57 Å². The van der Waals surface area contributed by atoms with Crippen molar-refractivity contribution in [3.05, 3.63) is 0 Å². The monoisotopic (exact) mass is 349 g/mol. The van der Waals surface area contributed by atoms with E-state index in [0.717, 1.165) is 35.6 Å². The van der Waals surface area contributed by atoms with Crippen LogP contribution in [0.2, 0.25) is 22.7 Å². The summed E-state index contributed by atoms with van der Waals surface area (Å²) in [5.41, 5.74) is 2.23. The van der Waals surface area contributed by atoms with E-state index >= 15 is 0 Å². The summed E-state index contributed by atoms with van der Waals surface area (Å²) in [5, 5.41) is 0. The number of hydrogen-bond donors (Lipinski definition) is 0. The third-order valence-electron chi connectivity index (χ3n) is 5.35. The van der Waals surface area contributed by atoms with E-state index in [0.29, 0.717) is 0 Å². The van der Waals surface area contributed by atoms with E-state index in [1.54, 1.807) is 21.3 Å². The molecule has 0 bridgehead atoms. The first-order chi connectivity index (χ1) is 10.1. The van der Waals surface area contributed by atoms with Gasteiger partial charge in [-0.15, -0.1) is 0 Å². The third-order valence-corrected chi connectivity index (χ3v) is 15.3. The molecule has 0 aromatic heterocycles. The van der Waals surface area contributed by atoms with E-state index in [1.165, 1.54) is 0 Å². The summed E-state index contributed by atoms with van der Waals surface area (Å²) in [5.74, 6) is 0. The molecule has 0 unspecified atom stereocenters. The van der Waals surface area contributed by atoms with Crippen molar-refractivity contribution >= 4 is 17.0 Å². The van der Waals surface area contributed by atoms with Gasteiger partial charge in [-0.05, 0) is 36.6 Å². The van der Waals surface area contributed by atoms with Gasteiger partial charge in [0, 0.05) is 27.4 Å². The van der Waals surface area contributed by atoms with Crippen LogP contribution in [0.15, 0.2) is 0 Å². The lowest BCUT2D eigenvalue weighted by atomic mass is 10.5. The molecule has 0 aliphatic heterocycles. The predicted octanol–water partition coefficient (Wildman–Crippen LogP) is 4.36. The first-order valence-corrected chi connectivity index (χ1v) is 12.6. The highest BCUT2D eigenvalue weighted by Gasteiger charge is 2.46. The molecule has 0 saturated carbocycles. The van der Waals surface area contributed by atoms with Gasteiger partial charge in [0.2, 0.25) is 0 Å². The molecule has 0 saturated heterocycles. The lowest BCUT2D eigenvalue weighted by Crippen LogP contribution is -2.59. The number of hydrogen-bond acceptors (Lipinski definition) is 4. The molecule has 0 radical (unpaired) electrons. The molecular formula is C16H39NO3Si2. The first-order valence-electron chi connectivity index (χ1n) is 8.51. The van der Waals surface area contributed by atoms with Crippen LogP contribution in [0.4, 0.5) is 0 Å². The Labute approximate surface area is 141 Å². The average Bonchev–Trinajstić information content (AvgIpc) is 2.43. The Morgan fingerprint density at radius 1 is 0.773 bits per heavy atom. The molecule has 134 valence electrons. The fraction of sp³-hybridized carbons (Fsp3) is 1.00. The van der Waals surface area contributed by atoms with Crippen LogP contribution in [0.5, 0.6) is 0 Å². The van der Waals surface area contributed by atoms with Crippen LogP contribution in [0.25, 0.3) is 0 Å². The van der Waals surface area contributed by atoms with Gasteiger partial charge in [-0.1, -0.05) is 41.5 Å². The highest BCUT2D eigenvalue weighted by atomic mass is 28.4. The molecule has 22 heavy (non-hydrogen) atoms. The Morgan fingerprint density at radius 3 is 1.41 bits per heavy atom. The standard InChI is InChI=1S/C16H39NO3Si2/c1-14(2)22(15(3)4,16(5)6)17(7)12-11-13-21(18-8,19-9)20-10/h14-16H,11-13H2,1-10H3. The van der Waals surface area contributed by atoms with Gasteiger partial charge in [0.15, 0.2) is 0 Å². The quantitative estimate of drug-likeness (QED) is 0.519. The van der Waals surface area contributed by atoms with Crippen LogP contribution in [0, 0.1) is 0 Å². The fourth-order valence-corrected chi connectivity index (χ4v) is 13.5. The highest BCUT2D eigenvalue weighted by molar-refractivity contribution is 6.80. The maximum absolute atomic E-state index is 5.53. The largest absolute Gasteiger partial charge is 0.500 e. The predicted molar refractivity (Wildman–Crippen MR) is 99.9 cm³/mol. The topological polar surface area (TPSA) is 30.9 Å². The van der Waals surface area contributed by atoms with Crippen molar-refractivity contribution < 1.29 is 13.3 Å². The third kappa shape index (κ3) is 4.64. The van der Waals surface area contributed by atoms with Gasteiger partial charge in [-0.3, -0.25) is 0 Å². The Balaban J connectivity index is 4.97. The summed E-state index contributed by atoms with van der Waals surface area (Å²) >= 11 is 0. The maximum Gasteiger partial charge on any atom is 0.500 e. The molecule has 0 aromatic carbocycles. The molecule has 0 aliphatic carbocycles. The first kappa shape index (κ1) is 22.3. The van der Waals surface area contributed by atoms with Gasteiger partial charge in [0.05, 0.1) is 0 Å². The SMILES string of the molecule is CO[Si](CCCN(C)[Si](C(C)C)(C(C)C)C(C)C)(OC)OC. The lowest BCUT2D eigenvalue weighted by Gasteiger charge is -2.49. The minimum Gasteiger partial charge on any atom is -0.377 e. The van der Waals surface area contributed by atoms with Crippen molar-refractivity contribution in [2.24, 2.45) is 0 Å². The zero-order chi connectivity index (χ0) is 17.6. The maximum atomic E-state index is 5.53. The Kier molecular flexibility index (Phi) is 9.66. The molecular weight excluding hydrogens is 310 g/mol. The van der Waals surface area contributed by atoms with Crippen LogP contribution >= 0.6 is 0 Å². The van der Waals surface area contributed by atoms with E-state index in [1.807, 2.05) is 0 Å². The lowest BCUT2D eigenvalue weighted by molar-refractivity contribution is 0.122. The summed E-state index contributed by atoms with van der Waals surface area (Å²) in [7, 11) is 3.43. The molecule has 0 rings (SSSR count). The molecule has 0 N–H and O–H groups in total. The van der Waals surface area contributed by atoms with Crippen molar-refractivity contribution in [2.75, 3.05) is 34.9 Å². The number of nitrogens with zero attached hydrogens (tertiary/aromatic N) is 1. The molecule has 6 heteroatoms. The minimum absolute atomic E-state index is 0.742. The zero-order valence-corrected chi connectivity index (χ0v) is 18.5. The van der Waals surface area contributed by atoms with Crippen LogP contribution in [-0.2, 0) is 13.3 Å². The van der Waals surface area contributed by atoms with Gasteiger partial charge >= 0.3 is 8.80 Å². The normalized spacial score (nSPS) is 13.9. The second-order valence-corrected chi connectivity index (χ2v) is 16.3. The van der Waals surface area contributed by atoms with Crippen molar-refractivity contribution in [3.8, 4) is 0 Å². The Hall–Kier alpha value is 0.274. The van der Waals surface area contributed by atoms with E-state index in [4.69, 9.17) is 13.3 Å². The van der Waals surface area contributed by atoms with Gasteiger partial charge in [-0.2, -0.15) is 0 Å². The van der Waals surface area contributed by atoms with Gasteiger partial charge in [-0.25, -0.2) is 0 Å². The molecule has 0 atom stereocenters. The summed E-state index contributed by atoms with van der Waals surface area (Å²) in [4.78, 5) is 0. The van der Waals surface area contributed by atoms with Crippen LogP contribution in [0.3, 0.4) is 0 Å². The van der Waals surface area contributed by atoms with Crippen molar-refractivity contribution in [1.29, 1.82) is 0 Å². The van der Waals surface area contributed by atoms with Crippen LogP contribution < -0.4 is 0 Å². The molecule has 0 spiro atoms. The van der Waals surface area contributed by atoms with E-state index in [2.05, 4.69) is 53.2 Å². The fourth-order valence-electron chi connectivity index (χ4n) is 4.60. The summed E-state index contributed by atoms with van der Waals surface area (Å²) in [6.45, 7) is 15.5. The van der Waals surface area contributed by atoms with Gasteiger partial charge < -0.3 is 17.8 Å². The molecule has 4 nitrogen and oxygen atoms in total. The Morgan fingerprint density at radius 2 is 1.14 bits per heavy atom. The minimum atomic E-state index is -2.44. The summed E-state index contributed by atoms with van der Waals surface area (Å²) < 4.78 is 19.3. The van der Waals surface area contributed by atoms with E-state index in [9.17, 15) is 0 Å². The molecule has 0 fully saturated rings. The molecule has 0 aromatic rings. The number of rotatable bonds is 11. The van der Waals surface area contributed by atoms with Gasteiger partial charge in [0.25, 0.3) is 0 Å². The molecule has 0 heterocycles. The smallest absolute Gasteiger partial charge is 0.377 e. The van der Waals surface area contributed by atoms with Crippen LogP contribution in [-0.4, -0.2) is 56.5 Å². The van der Waals surface area contributed by atoms with Crippen molar-refractivity contribution in [2.45, 2.75) is 70.6 Å². The zero-order valence-electron chi connectivity index (χ0n) is 16.5. The van der Waals surface area contributed by atoms with Crippen molar-refractivity contribution in [3.63, 3.8) is 0 Å². The van der Waals surface area contributed by atoms with Gasteiger partial charge in [0.1, 0.15) is 8.24 Å². The molecule has 0 aliphatic rings. The summed E-state index contributed by atoms with van der Waals surface area (Å²) in [6.07, 6.45) is 1.05. The second-order valence-electron chi connectivity index (χ2n) is 7.17. The van der Waals surface area contributed by atoms with Crippen LogP contribution in [0.1, 0.15) is 48.0 Å². The summed E-state index contributed by atoms with van der Waals surface area (Å²) in [6, 6.07) is 0.875. The Bertz CT molecular complexity index is 278. The van der Waals surface area contributed by atoms with E-state index in [-0.39, 0.29) is 0 Å². The molecule has 0 amide bonds. The highest BCUT2D eigenvalue weighted by Crippen LogP contribution is 2.43. The van der Waals surface area contributed by atoms with E-state index < -0.39 is 17.0 Å².